The van der Waals surface area contributed by atoms with E-state index in [2.05, 4.69) is 27.9 Å². The van der Waals surface area contributed by atoms with Gasteiger partial charge in [-0.2, -0.15) is 23.5 Å². The third-order valence-electron chi connectivity index (χ3n) is 2.58. The van der Waals surface area contributed by atoms with E-state index in [1.807, 2.05) is 23.5 Å². The van der Waals surface area contributed by atoms with E-state index in [-0.39, 0.29) is 11.7 Å². The third kappa shape index (κ3) is 3.96. The first-order valence-electron chi connectivity index (χ1n) is 5.63. The van der Waals surface area contributed by atoms with Crippen molar-refractivity contribution >= 4 is 52.0 Å². The molecule has 6 heteroatoms. The van der Waals surface area contributed by atoms with Crippen LogP contribution in [0.25, 0.3) is 0 Å². The molecule has 1 aromatic carbocycles. The van der Waals surface area contributed by atoms with Gasteiger partial charge >= 0.3 is 0 Å². The molecule has 2 N–H and O–H groups in total. The number of halogens is 1. The number of hydrogen-bond donors (Lipinski definition) is 2. The van der Waals surface area contributed by atoms with Crippen LogP contribution in [0.3, 0.4) is 0 Å². The number of carbonyl (C=O) groups is 1. The molecule has 18 heavy (non-hydrogen) atoms. The zero-order valence-corrected chi connectivity index (χ0v) is 13.5. The van der Waals surface area contributed by atoms with Crippen LogP contribution < -0.4 is 5.32 Å². The molecule has 1 aliphatic heterocycles. The largest absolute Gasteiger partial charge is 0.507 e. The van der Waals surface area contributed by atoms with Gasteiger partial charge in [0.05, 0.1) is 5.56 Å². The molecule has 1 aromatic rings. The lowest BCUT2D eigenvalue weighted by molar-refractivity contribution is 0.0951. The summed E-state index contributed by atoms with van der Waals surface area (Å²) in [4.78, 5) is 12.0. The van der Waals surface area contributed by atoms with Crippen LogP contribution in [-0.2, 0) is 0 Å². The fourth-order valence-electron chi connectivity index (χ4n) is 1.65. The zero-order valence-electron chi connectivity index (χ0n) is 9.69. The first-order chi connectivity index (χ1) is 8.66. The Morgan fingerprint density at radius 3 is 3.06 bits per heavy atom. The van der Waals surface area contributed by atoms with Crippen LogP contribution in [0.4, 0.5) is 0 Å². The van der Waals surface area contributed by atoms with E-state index >= 15 is 0 Å². The zero-order chi connectivity index (χ0) is 13.0. The molecule has 2 rings (SSSR count). The number of phenolic OH excluding ortho intramolecular Hbond substituents is 1. The van der Waals surface area contributed by atoms with Gasteiger partial charge in [0.1, 0.15) is 5.75 Å². The number of thioether (sulfide) groups is 2. The van der Waals surface area contributed by atoms with Gasteiger partial charge in [0.25, 0.3) is 5.91 Å². The smallest absolute Gasteiger partial charge is 0.255 e. The number of phenols is 1. The molecular formula is C12H14INO2S2. The van der Waals surface area contributed by atoms with E-state index in [4.69, 9.17) is 0 Å². The molecule has 0 spiro atoms. The molecule has 1 amide bonds. The molecule has 3 nitrogen and oxygen atoms in total. The average molecular weight is 395 g/mol. The Balaban J connectivity index is 1.92. The van der Waals surface area contributed by atoms with Gasteiger partial charge in [-0.05, 0) is 40.8 Å². The summed E-state index contributed by atoms with van der Waals surface area (Å²) in [6.45, 7) is 0.668. The Morgan fingerprint density at radius 2 is 2.33 bits per heavy atom. The summed E-state index contributed by atoms with van der Waals surface area (Å²) in [6.07, 6.45) is 0. The number of aromatic hydroxyl groups is 1. The topological polar surface area (TPSA) is 49.3 Å². The summed E-state index contributed by atoms with van der Waals surface area (Å²) in [5.41, 5.74) is 0.357. The van der Waals surface area contributed by atoms with Gasteiger partial charge in [-0.25, -0.2) is 0 Å². The van der Waals surface area contributed by atoms with Crippen molar-refractivity contribution in [2.75, 3.05) is 23.8 Å². The van der Waals surface area contributed by atoms with Crippen LogP contribution in [0.15, 0.2) is 18.2 Å². The van der Waals surface area contributed by atoms with Crippen molar-refractivity contribution in [1.29, 1.82) is 0 Å². The summed E-state index contributed by atoms with van der Waals surface area (Å²) < 4.78 is 0.943. The molecule has 98 valence electrons. The molecule has 0 bridgehead atoms. The summed E-state index contributed by atoms with van der Waals surface area (Å²) in [5.74, 6) is 3.29. The minimum Gasteiger partial charge on any atom is -0.507 e. The first kappa shape index (κ1) is 14.3. The molecule has 0 saturated carbocycles. The van der Waals surface area contributed by atoms with Crippen LogP contribution in [0.5, 0.6) is 5.75 Å². The minimum atomic E-state index is -0.192. The van der Waals surface area contributed by atoms with Crippen molar-refractivity contribution in [3.8, 4) is 5.75 Å². The third-order valence-corrected chi connectivity index (χ3v) is 6.09. The van der Waals surface area contributed by atoms with Gasteiger partial charge in [-0.15, -0.1) is 0 Å². The Bertz CT molecular complexity index is 436. The van der Waals surface area contributed by atoms with Crippen molar-refractivity contribution in [2.45, 2.75) is 5.25 Å². The Labute approximate surface area is 129 Å². The van der Waals surface area contributed by atoms with Crippen LogP contribution in [0.1, 0.15) is 10.4 Å². The van der Waals surface area contributed by atoms with Crippen LogP contribution in [-0.4, -0.2) is 40.1 Å². The average Bonchev–Trinajstić information content (AvgIpc) is 2.40. The lowest BCUT2D eigenvalue weighted by atomic mass is 10.2. The van der Waals surface area contributed by atoms with Crippen LogP contribution >= 0.6 is 46.1 Å². The van der Waals surface area contributed by atoms with Gasteiger partial charge in [-0.1, -0.05) is 0 Å². The maximum Gasteiger partial charge on any atom is 0.255 e. The van der Waals surface area contributed by atoms with Crippen LogP contribution in [0.2, 0.25) is 0 Å². The number of carbonyl (C=O) groups excluding carboxylic acids is 1. The van der Waals surface area contributed by atoms with Crippen molar-refractivity contribution in [3.05, 3.63) is 27.3 Å². The van der Waals surface area contributed by atoms with Crippen molar-refractivity contribution in [3.63, 3.8) is 0 Å². The summed E-state index contributed by atoms with van der Waals surface area (Å²) in [5, 5.41) is 13.1. The molecule has 0 aliphatic carbocycles. The highest BCUT2D eigenvalue weighted by atomic mass is 127. The maximum atomic E-state index is 12.0. The monoisotopic (exact) mass is 395 g/mol. The Hall–Kier alpha value is -0.0800. The van der Waals surface area contributed by atoms with Gasteiger partial charge < -0.3 is 10.4 Å². The van der Waals surface area contributed by atoms with Gasteiger partial charge in [0.2, 0.25) is 0 Å². The fraction of sp³-hybridized carbons (Fsp3) is 0.417. The van der Waals surface area contributed by atoms with E-state index in [0.717, 1.165) is 15.1 Å². The molecule has 1 atom stereocenters. The van der Waals surface area contributed by atoms with Gasteiger partial charge in [-0.3, -0.25) is 4.79 Å². The minimum absolute atomic E-state index is 0.0404. The molecular weight excluding hydrogens is 381 g/mol. The second kappa shape index (κ2) is 6.91. The van der Waals surface area contributed by atoms with Crippen LogP contribution in [0, 0.1) is 3.57 Å². The lowest BCUT2D eigenvalue weighted by Crippen LogP contribution is -2.33. The summed E-state index contributed by atoms with van der Waals surface area (Å²) >= 11 is 5.97. The highest BCUT2D eigenvalue weighted by Gasteiger charge is 2.17. The number of rotatable bonds is 3. The number of nitrogens with one attached hydrogen (secondary N) is 1. The predicted octanol–water partition coefficient (Wildman–Crippen LogP) is 2.58. The highest BCUT2D eigenvalue weighted by Crippen LogP contribution is 2.24. The number of amides is 1. The molecule has 1 fully saturated rings. The predicted molar refractivity (Wildman–Crippen MR) is 86.7 cm³/mol. The molecule has 0 radical (unpaired) electrons. The van der Waals surface area contributed by atoms with E-state index in [9.17, 15) is 9.90 Å². The van der Waals surface area contributed by atoms with Crippen molar-refractivity contribution in [1.82, 2.24) is 5.32 Å². The SMILES string of the molecule is O=C(NCC1CSCCS1)c1cc(I)ccc1O. The molecule has 1 unspecified atom stereocenters. The molecule has 1 heterocycles. The molecule has 0 aromatic heterocycles. The van der Waals surface area contributed by atoms with E-state index < -0.39 is 0 Å². The maximum absolute atomic E-state index is 12.0. The van der Waals surface area contributed by atoms with Gasteiger partial charge in [0, 0.05) is 32.6 Å². The lowest BCUT2D eigenvalue weighted by Gasteiger charge is -2.21. The Kier molecular flexibility index (Phi) is 5.50. The fourth-order valence-corrected chi connectivity index (χ4v) is 4.75. The standard InChI is InChI=1S/C12H14INO2S2/c13-8-1-2-11(15)10(5-8)12(16)14-6-9-7-17-3-4-18-9/h1-2,5,9,15H,3-4,6-7H2,(H,14,16). The van der Waals surface area contributed by atoms with Gasteiger partial charge in [0.15, 0.2) is 0 Å². The summed E-state index contributed by atoms with van der Waals surface area (Å²) in [7, 11) is 0. The van der Waals surface area contributed by atoms with Crippen molar-refractivity contribution < 1.29 is 9.90 Å². The molecule has 1 aliphatic rings. The number of hydrogen-bond acceptors (Lipinski definition) is 4. The first-order valence-corrected chi connectivity index (χ1v) is 8.91. The quantitative estimate of drug-likeness (QED) is 0.773. The second-order valence-corrected chi connectivity index (χ2v) is 7.74. The normalized spacial score (nSPS) is 19.5. The van der Waals surface area contributed by atoms with E-state index in [1.165, 1.54) is 5.75 Å². The van der Waals surface area contributed by atoms with E-state index in [0.29, 0.717) is 17.4 Å². The molecule has 1 saturated heterocycles. The van der Waals surface area contributed by atoms with E-state index in [1.54, 1.807) is 18.2 Å². The highest BCUT2D eigenvalue weighted by molar-refractivity contribution is 14.1. The summed E-state index contributed by atoms with van der Waals surface area (Å²) in [6, 6.07) is 5.04. The number of benzene rings is 1. The second-order valence-electron chi connectivity index (χ2n) is 3.94. The Morgan fingerprint density at radius 1 is 1.50 bits per heavy atom. The van der Waals surface area contributed by atoms with Crippen molar-refractivity contribution in [2.24, 2.45) is 0 Å².